The van der Waals surface area contributed by atoms with E-state index in [1.54, 1.807) is 13.8 Å². The molecule has 0 bridgehead atoms. The Labute approximate surface area is 267 Å². The van der Waals surface area contributed by atoms with Crippen LogP contribution in [0.5, 0.6) is 0 Å². The number of primary amides is 1. The molecule has 0 spiro atoms. The number of carbonyl (C=O) groups excluding carboxylic acids is 5. The molecule has 0 aromatic carbocycles. The summed E-state index contributed by atoms with van der Waals surface area (Å²) in [4.78, 5) is 90.4. The number of carboxylic acid groups (broad SMARTS) is 2. The number of amides is 5. The third-order valence-electron chi connectivity index (χ3n) is 6.53. The van der Waals surface area contributed by atoms with Gasteiger partial charge in [0.15, 0.2) is 5.96 Å². The number of nitrogens with zero attached hydrogens (tertiary/aromatic N) is 1. The monoisotopic (exact) mass is 658 g/mol. The van der Waals surface area contributed by atoms with E-state index in [0.717, 1.165) is 0 Å². The predicted molar refractivity (Wildman–Crippen MR) is 166 cm³/mol. The van der Waals surface area contributed by atoms with Gasteiger partial charge in [-0.3, -0.25) is 33.8 Å². The summed E-state index contributed by atoms with van der Waals surface area (Å²) in [5.41, 5.74) is 27.1. The fourth-order valence-corrected chi connectivity index (χ4v) is 4.14. The quantitative estimate of drug-likeness (QED) is 0.0270. The molecule has 0 unspecified atom stereocenters. The SMILES string of the molecule is CC(C)C[C@H](NC(=O)[C@H](CC(=O)O)NC(=O)[C@H](CCCCN)NC(=O)[C@@H](N)CCCN=C(N)N)C(=O)N[C@@H](CCC(N)=O)C(=O)O. The largest absolute Gasteiger partial charge is 0.481 e. The first-order valence-electron chi connectivity index (χ1n) is 14.9. The second-order valence-electron chi connectivity index (χ2n) is 11.2. The van der Waals surface area contributed by atoms with E-state index < -0.39 is 78.1 Å². The molecule has 46 heavy (non-hydrogen) atoms. The van der Waals surface area contributed by atoms with Gasteiger partial charge in [-0.2, -0.15) is 0 Å². The van der Waals surface area contributed by atoms with Crippen molar-refractivity contribution in [3.63, 3.8) is 0 Å². The van der Waals surface area contributed by atoms with Gasteiger partial charge in [0.05, 0.1) is 12.5 Å². The smallest absolute Gasteiger partial charge is 0.326 e. The van der Waals surface area contributed by atoms with E-state index in [1.165, 1.54) is 0 Å². The zero-order chi connectivity index (χ0) is 35.4. The van der Waals surface area contributed by atoms with Crippen LogP contribution in [0.3, 0.4) is 0 Å². The summed E-state index contributed by atoms with van der Waals surface area (Å²) in [5, 5.41) is 28.4. The van der Waals surface area contributed by atoms with E-state index in [-0.39, 0.29) is 50.5 Å². The van der Waals surface area contributed by atoms with Gasteiger partial charge in [-0.15, -0.1) is 0 Å². The molecule has 0 aliphatic rings. The highest BCUT2D eigenvalue weighted by atomic mass is 16.4. The highest BCUT2D eigenvalue weighted by Crippen LogP contribution is 2.09. The molecule has 262 valence electrons. The lowest BCUT2D eigenvalue weighted by molar-refractivity contribution is -0.143. The van der Waals surface area contributed by atoms with Crippen molar-refractivity contribution in [3.05, 3.63) is 0 Å². The van der Waals surface area contributed by atoms with E-state index in [1.807, 2.05) is 0 Å². The zero-order valence-corrected chi connectivity index (χ0v) is 26.3. The van der Waals surface area contributed by atoms with Crippen molar-refractivity contribution in [1.29, 1.82) is 0 Å². The molecule has 19 nitrogen and oxygen atoms in total. The van der Waals surface area contributed by atoms with Gasteiger partial charge in [0.2, 0.25) is 29.5 Å². The maximum absolute atomic E-state index is 13.3. The Hall–Kier alpha value is -4.52. The van der Waals surface area contributed by atoms with Crippen LogP contribution >= 0.6 is 0 Å². The summed E-state index contributed by atoms with van der Waals surface area (Å²) >= 11 is 0. The van der Waals surface area contributed by atoms with Crippen LogP contribution < -0.4 is 49.9 Å². The van der Waals surface area contributed by atoms with Crippen molar-refractivity contribution in [2.75, 3.05) is 13.1 Å². The maximum atomic E-state index is 13.3. The molecule has 0 saturated carbocycles. The van der Waals surface area contributed by atoms with Crippen molar-refractivity contribution in [3.8, 4) is 0 Å². The number of hydrogen-bond donors (Lipinski definition) is 11. The van der Waals surface area contributed by atoms with Crippen LogP contribution in [-0.4, -0.2) is 101 Å². The third kappa shape index (κ3) is 18.3. The third-order valence-corrected chi connectivity index (χ3v) is 6.53. The molecule has 5 amide bonds. The summed E-state index contributed by atoms with van der Waals surface area (Å²) in [6.07, 6.45) is 0.0919. The average molecular weight is 659 g/mol. The number of carboxylic acids is 2. The topological polar surface area (TPSA) is 351 Å². The van der Waals surface area contributed by atoms with Gasteiger partial charge in [-0.05, 0) is 57.4 Å². The summed E-state index contributed by atoms with van der Waals surface area (Å²) in [6, 6.07) is -6.72. The first-order valence-corrected chi connectivity index (χ1v) is 14.9. The van der Waals surface area contributed by atoms with E-state index in [9.17, 15) is 43.8 Å². The Kier molecular flexibility index (Phi) is 19.9. The van der Waals surface area contributed by atoms with Crippen molar-refractivity contribution in [2.45, 2.75) is 102 Å². The first kappa shape index (κ1) is 41.5. The number of carbonyl (C=O) groups is 7. The molecule has 0 aliphatic heterocycles. The Balaban J connectivity index is 5.84. The van der Waals surface area contributed by atoms with Crippen molar-refractivity contribution < 1.29 is 43.8 Å². The maximum Gasteiger partial charge on any atom is 0.326 e. The molecule has 0 saturated heterocycles. The fraction of sp³-hybridized carbons (Fsp3) is 0.704. The van der Waals surface area contributed by atoms with E-state index in [0.29, 0.717) is 25.8 Å². The van der Waals surface area contributed by atoms with Crippen molar-refractivity contribution in [1.82, 2.24) is 21.3 Å². The van der Waals surface area contributed by atoms with Crippen LogP contribution in [0.15, 0.2) is 4.99 Å². The number of rotatable bonds is 24. The molecule has 0 fully saturated rings. The molecular weight excluding hydrogens is 608 g/mol. The zero-order valence-electron chi connectivity index (χ0n) is 26.3. The Morgan fingerprint density at radius 1 is 0.696 bits per heavy atom. The summed E-state index contributed by atoms with van der Waals surface area (Å²) in [5.74, 6) is -7.45. The van der Waals surface area contributed by atoms with Gasteiger partial charge in [-0.1, -0.05) is 13.8 Å². The Morgan fingerprint density at radius 3 is 1.76 bits per heavy atom. The fourth-order valence-electron chi connectivity index (χ4n) is 4.14. The van der Waals surface area contributed by atoms with Gasteiger partial charge >= 0.3 is 11.9 Å². The van der Waals surface area contributed by atoms with Crippen LogP contribution in [0, 0.1) is 5.92 Å². The van der Waals surface area contributed by atoms with Crippen molar-refractivity contribution in [2.24, 2.45) is 39.6 Å². The number of hydrogen-bond acceptors (Lipinski definition) is 10. The minimum absolute atomic E-state index is 0.0202. The lowest BCUT2D eigenvalue weighted by atomic mass is 10.0. The van der Waals surface area contributed by atoms with Crippen molar-refractivity contribution >= 4 is 47.4 Å². The number of aliphatic imine (C=N–C) groups is 1. The van der Waals surface area contributed by atoms with Crippen LogP contribution in [0.2, 0.25) is 0 Å². The predicted octanol–water partition coefficient (Wildman–Crippen LogP) is -3.69. The standard InChI is InChI=1S/C27H50N10O9/c1-14(2)12-18(24(43)35-17(26(45)46)8-9-20(30)38)36-25(44)19(13-21(39)40)37-23(42)16(7-3-4-10-28)34-22(41)15(29)6-5-11-33-27(31)32/h14-19H,3-13,28-29H2,1-2H3,(H2,30,38)(H,34,41)(H,35,43)(H,36,44)(H,37,42)(H,39,40)(H,45,46)(H4,31,32,33)/t15-,16-,17-,18-,19-/m0/s1. The molecule has 16 N–H and O–H groups in total. The molecule has 0 aliphatic carbocycles. The number of unbranched alkanes of at least 4 members (excludes halogenated alkanes) is 1. The minimum Gasteiger partial charge on any atom is -0.481 e. The molecule has 0 rings (SSSR count). The number of aliphatic carboxylic acids is 2. The van der Waals surface area contributed by atoms with Crippen LogP contribution in [0.1, 0.15) is 71.6 Å². The van der Waals surface area contributed by atoms with Gasteiger partial charge in [0, 0.05) is 13.0 Å². The van der Waals surface area contributed by atoms with E-state index >= 15 is 0 Å². The molecule has 5 atom stereocenters. The second kappa shape index (κ2) is 22.1. The molecule has 0 aromatic heterocycles. The van der Waals surface area contributed by atoms with Gasteiger partial charge < -0.3 is 60.1 Å². The normalized spacial score (nSPS) is 14.1. The summed E-state index contributed by atoms with van der Waals surface area (Å²) in [6.45, 7) is 3.99. The van der Waals surface area contributed by atoms with Crippen LogP contribution in [-0.2, 0) is 33.6 Å². The highest BCUT2D eigenvalue weighted by molar-refractivity contribution is 5.96. The number of nitrogens with one attached hydrogen (secondary N) is 4. The Morgan fingerprint density at radius 2 is 1.24 bits per heavy atom. The highest BCUT2D eigenvalue weighted by Gasteiger charge is 2.33. The number of guanidine groups is 1. The Bertz CT molecular complexity index is 1080. The second-order valence-corrected chi connectivity index (χ2v) is 11.2. The number of nitrogens with two attached hydrogens (primary N) is 5. The average Bonchev–Trinajstić information content (AvgIpc) is 2.94. The van der Waals surface area contributed by atoms with E-state index in [4.69, 9.17) is 28.7 Å². The molecule has 0 heterocycles. The molecule has 0 aromatic rings. The molecular formula is C27H50N10O9. The van der Waals surface area contributed by atoms with E-state index in [2.05, 4.69) is 26.3 Å². The van der Waals surface area contributed by atoms with Crippen LogP contribution in [0.25, 0.3) is 0 Å². The van der Waals surface area contributed by atoms with Gasteiger partial charge in [0.25, 0.3) is 0 Å². The summed E-state index contributed by atoms with van der Waals surface area (Å²) in [7, 11) is 0. The first-order chi connectivity index (χ1) is 21.5. The molecule has 19 heteroatoms. The lowest BCUT2D eigenvalue weighted by Crippen LogP contribution is -2.59. The van der Waals surface area contributed by atoms with Gasteiger partial charge in [0.1, 0.15) is 24.2 Å². The minimum atomic E-state index is -1.68. The lowest BCUT2D eigenvalue weighted by Gasteiger charge is -2.26. The van der Waals surface area contributed by atoms with Crippen LogP contribution in [0.4, 0.5) is 0 Å². The molecule has 0 radical (unpaired) electrons. The van der Waals surface area contributed by atoms with Gasteiger partial charge in [-0.25, -0.2) is 4.79 Å². The summed E-state index contributed by atoms with van der Waals surface area (Å²) < 4.78 is 0.